The maximum Gasteiger partial charge on any atom is 0.323 e. The molecule has 86 valence electrons. The molecule has 1 unspecified atom stereocenters. The molecule has 0 radical (unpaired) electrons. The van der Waals surface area contributed by atoms with Crippen molar-refractivity contribution in [2.45, 2.75) is 26.8 Å². The van der Waals surface area contributed by atoms with Gasteiger partial charge in [0.2, 0.25) is 0 Å². The first-order chi connectivity index (χ1) is 7.72. The highest BCUT2D eigenvalue weighted by molar-refractivity contribution is 5.75. The highest BCUT2D eigenvalue weighted by Gasteiger charge is 2.22. The van der Waals surface area contributed by atoms with Crippen molar-refractivity contribution in [3.05, 3.63) is 12.2 Å². The van der Waals surface area contributed by atoms with E-state index in [1.54, 1.807) is 11.6 Å². The molecule has 1 heterocycles. The zero-order chi connectivity index (χ0) is 12.0. The van der Waals surface area contributed by atoms with Crippen molar-refractivity contribution in [2.75, 3.05) is 6.61 Å². The minimum absolute atomic E-state index is 0.239. The summed E-state index contributed by atoms with van der Waals surface area (Å²) in [6.45, 7) is 4.57. The van der Waals surface area contributed by atoms with Crippen molar-refractivity contribution in [3.8, 4) is 6.07 Å². The van der Waals surface area contributed by atoms with Gasteiger partial charge in [-0.3, -0.25) is 9.48 Å². The fourth-order valence-corrected chi connectivity index (χ4v) is 1.32. The lowest BCUT2D eigenvalue weighted by molar-refractivity contribution is -0.146. The molecular weight excluding hydrogens is 208 g/mol. The van der Waals surface area contributed by atoms with Gasteiger partial charge in [0.25, 0.3) is 0 Å². The van der Waals surface area contributed by atoms with Crippen LogP contribution in [0, 0.1) is 17.2 Å². The lowest BCUT2D eigenvalue weighted by atomic mass is 10.1. The molecule has 6 nitrogen and oxygen atoms in total. The Morgan fingerprint density at radius 2 is 2.44 bits per heavy atom. The molecule has 0 aromatic carbocycles. The average Bonchev–Trinajstić information content (AvgIpc) is 2.73. The number of aromatic nitrogens is 3. The Labute approximate surface area is 93.8 Å². The van der Waals surface area contributed by atoms with Crippen LogP contribution in [0.25, 0.3) is 0 Å². The van der Waals surface area contributed by atoms with Crippen LogP contribution >= 0.6 is 0 Å². The standard InChI is InChI=1S/C10H14N4O2/c1-3-14-9(12-7-13-14)5-8(6-11)10(15)16-4-2/h7-8H,3-5H2,1-2H3. The second kappa shape index (κ2) is 5.85. The summed E-state index contributed by atoms with van der Waals surface area (Å²) in [4.78, 5) is 15.4. The molecule has 0 bridgehead atoms. The van der Waals surface area contributed by atoms with Crippen molar-refractivity contribution in [3.63, 3.8) is 0 Å². The van der Waals surface area contributed by atoms with E-state index in [0.29, 0.717) is 12.4 Å². The summed E-state index contributed by atoms with van der Waals surface area (Å²) in [6, 6.07) is 1.92. The SMILES string of the molecule is CCOC(=O)C(C#N)Cc1ncnn1CC. The van der Waals surface area contributed by atoms with Crippen molar-refractivity contribution in [2.24, 2.45) is 5.92 Å². The first kappa shape index (κ1) is 12.2. The van der Waals surface area contributed by atoms with Gasteiger partial charge in [0, 0.05) is 13.0 Å². The monoisotopic (exact) mass is 222 g/mol. The third-order valence-electron chi connectivity index (χ3n) is 2.11. The first-order valence-electron chi connectivity index (χ1n) is 5.15. The molecule has 1 rings (SSSR count). The molecule has 16 heavy (non-hydrogen) atoms. The lowest BCUT2D eigenvalue weighted by Gasteiger charge is -2.08. The highest BCUT2D eigenvalue weighted by atomic mass is 16.5. The van der Waals surface area contributed by atoms with E-state index in [2.05, 4.69) is 10.1 Å². The van der Waals surface area contributed by atoms with Crippen molar-refractivity contribution < 1.29 is 9.53 Å². The average molecular weight is 222 g/mol. The Bertz CT molecular complexity index is 394. The number of aryl methyl sites for hydroxylation is 1. The van der Waals surface area contributed by atoms with Crippen molar-refractivity contribution in [1.82, 2.24) is 14.8 Å². The third kappa shape index (κ3) is 2.79. The second-order valence-electron chi connectivity index (χ2n) is 3.13. The van der Waals surface area contributed by atoms with Crippen LogP contribution in [0.5, 0.6) is 0 Å². The molecule has 0 saturated carbocycles. The smallest absolute Gasteiger partial charge is 0.323 e. The van der Waals surface area contributed by atoms with Crippen LogP contribution in [-0.4, -0.2) is 27.3 Å². The van der Waals surface area contributed by atoms with Crippen molar-refractivity contribution in [1.29, 1.82) is 5.26 Å². The maximum absolute atomic E-state index is 11.4. The van der Waals surface area contributed by atoms with Gasteiger partial charge in [-0.15, -0.1) is 0 Å². The van der Waals surface area contributed by atoms with Crippen LogP contribution in [0.15, 0.2) is 6.33 Å². The quantitative estimate of drug-likeness (QED) is 0.679. The number of nitriles is 1. The van der Waals surface area contributed by atoms with E-state index in [0.717, 1.165) is 0 Å². The summed E-state index contributed by atoms with van der Waals surface area (Å²) in [5.74, 6) is -0.688. The summed E-state index contributed by atoms with van der Waals surface area (Å²) in [5.41, 5.74) is 0. The predicted octanol–water partition coefficient (Wildman–Crippen LogP) is 0.543. The Balaban J connectivity index is 2.71. The van der Waals surface area contributed by atoms with Crippen LogP contribution < -0.4 is 0 Å². The van der Waals surface area contributed by atoms with E-state index >= 15 is 0 Å². The maximum atomic E-state index is 11.4. The van der Waals surface area contributed by atoms with E-state index in [4.69, 9.17) is 10.00 Å². The fraction of sp³-hybridized carbons (Fsp3) is 0.600. The van der Waals surface area contributed by atoms with Crippen molar-refractivity contribution >= 4 is 5.97 Å². The topological polar surface area (TPSA) is 80.8 Å². The van der Waals surface area contributed by atoms with Crippen LogP contribution in [0.4, 0.5) is 0 Å². The Kier molecular flexibility index (Phi) is 4.45. The lowest BCUT2D eigenvalue weighted by Crippen LogP contribution is -2.20. The van der Waals surface area contributed by atoms with Gasteiger partial charge in [-0.25, -0.2) is 4.98 Å². The number of carbonyl (C=O) groups excluding carboxylic acids is 1. The minimum atomic E-state index is -0.811. The molecular formula is C10H14N4O2. The molecule has 0 aliphatic rings. The molecule has 0 saturated heterocycles. The predicted molar refractivity (Wildman–Crippen MR) is 55.1 cm³/mol. The summed E-state index contributed by atoms with van der Waals surface area (Å²) in [6.07, 6.45) is 1.65. The van der Waals surface area contributed by atoms with Crippen LogP contribution in [-0.2, 0) is 22.5 Å². The van der Waals surface area contributed by atoms with E-state index in [9.17, 15) is 4.79 Å². The van der Waals surface area contributed by atoms with E-state index < -0.39 is 11.9 Å². The van der Waals surface area contributed by atoms with Gasteiger partial charge < -0.3 is 4.74 Å². The van der Waals surface area contributed by atoms with Gasteiger partial charge in [0.05, 0.1) is 12.7 Å². The number of hydrogen-bond acceptors (Lipinski definition) is 5. The zero-order valence-electron chi connectivity index (χ0n) is 9.38. The summed E-state index contributed by atoms with van der Waals surface area (Å²) in [5, 5.41) is 12.8. The van der Waals surface area contributed by atoms with Crippen LogP contribution in [0.2, 0.25) is 0 Å². The van der Waals surface area contributed by atoms with Gasteiger partial charge in [-0.2, -0.15) is 10.4 Å². The largest absolute Gasteiger partial charge is 0.465 e. The molecule has 6 heteroatoms. The molecule has 0 aliphatic heterocycles. The molecule has 1 atom stereocenters. The number of rotatable bonds is 5. The molecule has 0 aliphatic carbocycles. The number of esters is 1. The Hall–Kier alpha value is -1.90. The van der Waals surface area contributed by atoms with Gasteiger partial charge in [-0.05, 0) is 13.8 Å². The Morgan fingerprint density at radius 1 is 1.69 bits per heavy atom. The van der Waals surface area contributed by atoms with E-state index in [1.165, 1.54) is 6.33 Å². The second-order valence-corrected chi connectivity index (χ2v) is 3.13. The summed E-state index contributed by atoms with van der Waals surface area (Å²) < 4.78 is 6.45. The molecule has 0 N–H and O–H groups in total. The fourth-order valence-electron chi connectivity index (χ4n) is 1.32. The Morgan fingerprint density at radius 3 is 3.00 bits per heavy atom. The molecule has 0 fully saturated rings. The van der Waals surface area contributed by atoms with Gasteiger partial charge in [0.1, 0.15) is 12.2 Å². The number of nitrogens with zero attached hydrogens (tertiary/aromatic N) is 4. The highest BCUT2D eigenvalue weighted by Crippen LogP contribution is 2.07. The molecule has 1 aromatic heterocycles. The summed E-state index contributed by atoms with van der Waals surface area (Å²) in [7, 11) is 0. The normalized spacial score (nSPS) is 11.8. The number of carbonyl (C=O) groups is 1. The van der Waals surface area contributed by atoms with Crippen LogP contribution in [0.1, 0.15) is 19.7 Å². The third-order valence-corrected chi connectivity index (χ3v) is 2.11. The number of ether oxygens (including phenoxy) is 1. The van der Waals surface area contributed by atoms with Gasteiger partial charge in [0.15, 0.2) is 5.92 Å². The van der Waals surface area contributed by atoms with Crippen LogP contribution in [0.3, 0.4) is 0 Å². The van der Waals surface area contributed by atoms with Gasteiger partial charge in [-0.1, -0.05) is 0 Å². The molecule has 0 amide bonds. The number of hydrogen-bond donors (Lipinski definition) is 0. The minimum Gasteiger partial charge on any atom is -0.465 e. The van der Waals surface area contributed by atoms with Gasteiger partial charge >= 0.3 is 5.97 Å². The first-order valence-corrected chi connectivity index (χ1v) is 5.15. The molecule has 1 aromatic rings. The molecule has 0 spiro atoms. The van der Waals surface area contributed by atoms with E-state index in [1.807, 2.05) is 13.0 Å². The zero-order valence-corrected chi connectivity index (χ0v) is 9.38. The van der Waals surface area contributed by atoms with E-state index in [-0.39, 0.29) is 13.0 Å². The summed E-state index contributed by atoms with van der Waals surface area (Å²) >= 11 is 0.